The zero-order valence-electron chi connectivity index (χ0n) is 17.0. The molecule has 2 aliphatic rings. The Morgan fingerprint density at radius 1 is 1.25 bits per heavy atom. The Balaban J connectivity index is 1.45. The molecule has 2 fully saturated rings. The second-order valence-electron chi connectivity index (χ2n) is 7.16. The van der Waals surface area contributed by atoms with Gasteiger partial charge in [-0.15, -0.1) is 0 Å². The van der Waals surface area contributed by atoms with Gasteiger partial charge in [-0.3, -0.25) is 4.90 Å². The van der Waals surface area contributed by atoms with E-state index in [2.05, 4.69) is 34.6 Å². The third-order valence-corrected chi connectivity index (χ3v) is 4.96. The maximum atomic E-state index is 5.94. The van der Waals surface area contributed by atoms with Crippen LogP contribution in [0.4, 0.5) is 0 Å². The minimum absolute atomic E-state index is 0.298. The van der Waals surface area contributed by atoms with Crippen molar-refractivity contribution in [1.82, 2.24) is 15.5 Å². The van der Waals surface area contributed by atoms with Crippen LogP contribution in [-0.2, 0) is 16.0 Å². The molecule has 156 valence electrons. The van der Waals surface area contributed by atoms with E-state index in [9.17, 15) is 0 Å². The zero-order valence-corrected chi connectivity index (χ0v) is 17.0. The molecule has 0 spiro atoms. The summed E-state index contributed by atoms with van der Waals surface area (Å²) in [7, 11) is 0. The van der Waals surface area contributed by atoms with E-state index < -0.39 is 0 Å². The number of aliphatic imine (C=N–C) groups is 1. The lowest BCUT2D eigenvalue weighted by Gasteiger charge is -2.26. The Labute approximate surface area is 168 Å². The molecule has 2 heterocycles. The fraction of sp³-hybridized carbons (Fsp3) is 0.667. The highest BCUT2D eigenvalue weighted by atomic mass is 16.5. The summed E-state index contributed by atoms with van der Waals surface area (Å²) in [5.41, 5.74) is 1.14. The van der Waals surface area contributed by atoms with Gasteiger partial charge in [0.25, 0.3) is 0 Å². The third-order valence-electron chi connectivity index (χ3n) is 4.96. The average Bonchev–Trinajstić information content (AvgIpc) is 3.25. The summed E-state index contributed by atoms with van der Waals surface area (Å²) in [6.07, 6.45) is 2.57. The van der Waals surface area contributed by atoms with E-state index in [1.165, 1.54) is 0 Å². The SMILES string of the molecule is CCNC(=NCc1cccc(OCCN2CCOCC2)c1)NCC1CCCO1. The van der Waals surface area contributed by atoms with Crippen LogP contribution < -0.4 is 15.4 Å². The van der Waals surface area contributed by atoms with Gasteiger partial charge in [-0.05, 0) is 37.5 Å². The smallest absolute Gasteiger partial charge is 0.191 e. The molecule has 0 radical (unpaired) electrons. The first-order chi connectivity index (χ1) is 13.8. The topological polar surface area (TPSA) is 67.4 Å². The maximum absolute atomic E-state index is 5.94. The molecule has 2 aliphatic heterocycles. The molecule has 1 aromatic rings. The molecular weight excluding hydrogens is 356 g/mol. The van der Waals surface area contributed by atoms with Crippen molar-refractivity contribution in [1.29, 1.82) is 0 Å². The molecule has 0 aliphatic carbocycles. The number of hydrogen-bond donors (Lipinski definition) is 2. The molecule has 0 amide bonds. The number of ether oxygens (including phenoxy) is 3. The number of nitrogens with one attached hydrogen (secondary N) is 2. The first kappa shape index (κ1) is 20.9. The van der Waals surface area contributed by atoms with Gasteiger partial charge >= 0.3 is 0 Å². The van der Waals surface area contributed by atoms with E-state index in [0.717, 1.165) is 82.7 Å². The molecule has 1 atom stereocenters. The van der Waals surface area contributed by atoms with E-state index in [1.807, 2.05) is 12.1 Å². The van der Waals surface area contributed by atoms with Gasteiger partial charge in [0.15, 0.2) is 5.96 Å². The molecule has 28 heavy (non-hydrogen) atoms. The molecule has 3 rings (SSSR count). The van der Waals surface area contributed by atoms with Gasteiger partial charge in [0.05, 0.1) is 25.9 Å². The maximum Gasteiger partial charge on any atom is 0.191 e. The van der Waals surface area contributed by atoms with Crippen molar-refractivity contribution >= 4 is 5.96 Å². The van der Waals surface area contributed by atoms with Crippen LogP contribution >= 0.6 is 0 Å². The van der Waals surface area contributed by atoms with Crippen LogP contribution in [0.25, 0.3) is 0 Å². The molecule has 7 nitrogen and oxygen atoms in total. The summed E-state index contributed by atoms with van der Waals surface area (Å²) in [6.45, 7) is 10.5. The van der Waals surface area contributed by atoms with Crippen LogP contribution in [0.5, 0.6) is 5.75 Å². The number of benzene rings is 1. The quantitative estimate of drug-likeness (QED) is 0.494. The second-order valence-corrected chi connectivity index (χ2v) is 7.16. The number of rotatable bonds is 9. The molecule has 0 aromatic heterocycles. The van der Waals surface area contributed by atoms with Crippen molar-refractivity contribution in [3.63, 3.8) is 0 Å². The number of guanidine groups is 1. The van der Waals surface area contributed by atoms with Gasteiger partial charge in [-0.25, -0.2) is 4.99 Å². The number of morpholine rings is 1. The van der Waals surface area contributed by atoms with E-state index in [4.69, 9.17) is 19.2 Å². The Morgan fingerprint density at radius 3 is 2.93 bits per heavy atom. The van der Waals surface area contributed by atoms with Crippen molar-refractivity contribution in [2.45, 2.75) is 32.4 Å². The fourth-order valence-corrected chi connectivity index (χ4v) is 3.38. The highest BCUT2D eigenvalue weighted by Gasteiger charge is 2.15. The summed E-state index contributed by atoms with van der Waals surface area (Å²) in [5.74, 6) is 1.73. The van der Waals surface area contributed by atoms with E-state index in [-0.39, 0.29) is 0 Å². The first-order valence-corrected chi connectivity index (χ1v) is 10.5. The third kappa shape index (κ3) is 7.30. The van der Waals surface area contributed by atoms with Crippen LogP contribution in [0.1, 0.15) is 25.3 Å². The first-order valence-electron chi connectivity index (χ1n) is 10.5. The van der Waals surface area contributed by atoms with Crippen molar-refractivity contribution in [3.8, 4) is 5.75 Å². The van der Waals surface area contributed by atoms with E-state index in [1.54, 1.807) is 0 Å². The molecular formula is C21H34N4O3. The second kappa shape index (κ2) is 11.9. The predicted molar refractivity (Wildman–Crippen MR) is 111 cm³/mol. The van der Waals surface area contributed by atoms with Crippen molar-refractivity contribution in [2.24, 2.45) is 4.99 Å². The Kier molecular flexibility index (Phi) is 8.87. The highest BCUT2D eigenvalue weighted by Crippen LogP contribution is 2.14. The van der Waals surface area contributed by atoms with Gasteiger partial charge in [-0.1, -0.05) is 12.1 Å². The summed E-state index contributed by atoms with van der Waals surface area (Å²) >= 11 is 0. The largest absolute Gasteiger partial charge is 0.492 e. The molecule has 0 saturated carbocycles. The normalized spacial score (nSPS) is 20.9. The van der Waals surface area contributed by atoms with Gasteiger partial charge in [0.1, 0.15) is 12.4 Å². The lowest BCUT2D eigenvalue weighted by molar-refractivity contribution is 0.0322. The Bertz CT molecular complexity index is 599. The zero-order chi connectivity index (χ0) is 19.4. The lowest BCUT2D eigenvalue weighted by Crippen LogP contribution is -2.41. The van der Waals surface area contributed by atoms with Crippen molar-refractivity contribution in [2.75, 3.05) is 59.2 Å². The van der Waals surface area contributed by atoms with E-state index >= 15 is 0 Å². The van der Waals surface area contributed by atoms with Crippen molar-refractivity contribution < 1.29 is 14.2 Å². The fourth-order valence-electron chi connectivity index (χ4n) is 3.38. The molecule has 2 saturated heterocycles. The summed E-state index contributed by atoms with van der Waals surface area (Å²) in [6, 6.07) is 8.20. The molecule has 7 heteroatoms. The Hall–Kier alpha value is -1.83. The van der Waals surface area contributed by atoms with Gasteiger partial charge in [0.2, 0.25) is 0 Å². The van der Waals surface area contributed by atoms with Crippen LogP contribution in [0, 0.1) is 0 Å². The number of nitrogens with zero attached hydrogens (tertiary/aromatic N) is 2. The summed E-state index contributed by atoms with van der Waals surface area (Å²) in [4.78, 5) is 7.08. The highest BCUT2D eigenvalue weighted by molar-refractivity contribution is 5.79. The molecule has 2 N–H and O–H groups in total. The van der Waals surface area contributed by atoms with Gasteiger partial charge in [-0.2, -0.15) is 0 Å². The van der Waals surface area contributed by atoms with Crippen LogP contribution in [-0.4, -0.2) is 76.1 Å². The molecule has 1 aromatic carbocycles. The van der Waals surface area contributed by atoms with Crippen LogP contribution in [0.3, 0.4) is 0 Å². The predicted octanol–water partition coefficient (Wildman–Crippen LogP) is 1.63. The molecule has 0 bridgehead atoms. The monoisotopic (exact) mass is 390 g/mol. The van der Waals surface area contributed by atoms with Crippen LogP contribution in [0.2, 0.25) is 0 Å². The van der Waals surface area contributed by atoms with E-state index in [0.29, 0.717) is 19.3 Å². The van der Waals surface area contributed by atoms with Gasteiger partial charge < -0.3 is 24.8 Å². The summed E-state index contributed by atoms with van der Waals surface area (Å²) in [5, 5.41) is 6.68. The Morgan fingerprint density at radius 2 is 2.14 bits per heavy atom. The number of hydrogen-bond acceptors (Lipinski definition) is 5. The van der Waals surface area contributed by atoms with Crippen molar-refractivity contribution in [3.05, 3.63) is 29.8 Å². The standard InChI is InChI=1S/C21H34N4O3/c1-2-22-21(24-17-20-7-4-11-27-20)23-16-18-5-3-6-19(15-18)28-14-10-25-8-12-26-13-9-25/h3,5-6,15,20H,2,4,7-14,16-17H2,1H3,(H2,22,23,24). The van der Waals surface area contributed by atoms with Crippen LogP contribution in [0.15, 0.2) is 29.3 Å². The molecule has 1 unspecified atom stereocenters. The minimum atomic E-state index is 0.298. The minimum Gasteiger partial charge on any atom is -0.492 e. The average molecular weight is 391 g/mol. The van der Waals surface area contributed by atoms with Gasteiger partial charge in [0, 0.05) is 39.3 Å². The lowest BCUT2D eigenvalue weighted by atomic mass is 10.2. The summed E-state index contributed by atoms with van der Waals surface area (Å²) < 4.78 is 17.0.